The maximum atomic E-state index is 2.25. The second-order valence-corrected chi connectivity index (χ2v) is 2.21. The smallest absolute Gasteiger partial charge is 0.329 e. The van der Waals surface area contributed by atoms with Gasteiger partial charge in [-0.2, -0.15) is 25.7 Å². The van der Waals surface area contributed by atoms with Crippen molar-refractivity contribution in [3.63, 3.8) is 0 Å². The third-order valence-corrected chi connectivity index (χ3v) is 1.15. The van der Waals surface area contributed by atoms with Crippen LogP contribution in [0.3, 0.4) is 0 Å². The van der Waals surface area contributed by atoms with Crippen LogP contribution in [-0.4, -0.2) is 0 Å². The van der Waals surface area contributed by atoms with E-state index in [9.17, 15) is 0 Å². The molecule has 0 aromatic carbocycles. The molecule has 0 spiro atoms. The summed E-state index contributed by atoms with van der Waals surface area (Å²) in [6, 6.07) is 0. The summed E-state index contributed by atoms with van der Waals surface area (Å²) in [5.74, 6) is 0. The Bertz CT molecular complexity index is 25.9. The first-order valence-electron chi connectivity index (χ1n) is 4.46. The van der Waals surface area contributed by atoms with Crippen LogP contribution in [0.25, 0.3) is 0 Å². The van der Waals surface area contributed by atoms with Crippen LogP contribution < -0.4 is 0 Å². The maximum absolute atomic E-state index is 2.25. The number of hydrogen-bond donors (Lipinski definition) is 0. The van der Waals surface area contributed by atoms with Crippen LogP contribution >= 0.6 is 0 Å². The molecule has 0 rings (SSSR count). The molecular formula is C10H22Zn. The molecule has 11 heavy (non-hydrogen) atoms. The van der Waals surface area contributed by atoms with E-state index < -0.39 is 0 Å². The molecule has 64 valence electrons. The van der Waals surface area contributed by atoms with Gasteiger partial charge in [0.25, 0.3) is 0 Å². The average molecular weight is 208 g/mol. The molecule has 0 saturated carbocycles. The molecule has 0 heterocycles. The van der Waals surface area contributed by atoms with Gasteiger partial charge in [-0.3, -0.25) is 0 Å². The van der Waals surface area contributed by atoms with Gasteiger partial charge in [0.2, 0.25) is 0 Å². The first kappa shape index (κ1) is 17.6. The van der Waals surface area contributed by atoms with E-state index in [0.29, 0.717) is 0 Å². The van der Waals surface area contributed by atoms with Gasteiger partial charge in [0.1, 0.15) is 0 Å². The van der Waals surface area contributed by atoms with Gasteiger partial charge in [-0.15, -0.1) is 0 Å². The van der Waals surface area contributed by atoms with Crippen molar-refractivity contribution in [2.75, 3.05) is 0 Å². The van der Waals surface area contributed by atoms with Crippen molar-refractivity contribution in [2.45, 2.75) is 53.4 Å². The predicted octanol–water partition coefficient (Wildman–Crippen LogP) is 4.02. The van der Waals surface area contributed by atoms with Crippen LogP contribution in [-0.2, 0) is 19.5 Å². The van der Waals surface area contributed by atoms with Crippen LogP contribution in [0.2, 0.25) is 0 Å². The van der Waals surface area contributed by atoms with E-state index in [1.165, 1.54) is 25.7 Å². The van der Waals surface area contributed by atoms with E-state index in [4.69, 9.17) is 0 Å². The molecule has 0 bridgehead atoms. The van der Waals surface area contributed by atoms with Crippen molar-refractivity contribution in [3.05, 3.63) is 12.8 Å². The van der Waals surface area contributed by atoms with Crippen LogP contribution in [0, 0.1) is 12.8 Å². The zero-order valence-corrected chi connectivity index (χ0v) is 11.7. The molecule has 0 aromatic heterocycles. The summed E-state index contributed by atoms with van der Waals surface area (Å²) >= 11 is 0. The first-order chi connectivity index (χ1) is 4.83. The molecule has 0 aromatic rings. The summed E-state index contributed by atoms with van der Waals surface area (Å²) in [6.07, 6.45) is 9.38. The Morgan fingerprint density at radius 1 is 0.636 bits per heavy atom. The molecule has 0 aliphatic carbocycles. The molecule has 0 fully saturated rings. The SMILES string of the molecule is CC[CH-]CC.CC[CH-]CC.[Zn+2]. The van der Waals surface area contributed by atoms with Crippen molar-refractivity contribution >= 4 is 0 Å². The molecule has 0 aliphatic heterocycles. The third kappa shape index (κ3) is 37.0. The quantitative estimate of drug-likeness (QED) is 0.483. The van der Waals surface area contributed by atoms with E-state index >= 15 is 0 Å². The van der Waals surface area contributed by atoms with Crippen molar-refractivity contribution in [3.8, 4) is 0 Å². The second-order valence-electron chi connectivity index (χ2n) is 2.21. The Balaban J connectivity index is -0.000000107. The third-order valence-electron chi connectivity index (χ3n) is 1.15. The van der Waals surface area contributed by atoms with Crippen LogP contribution in [0.4, 0.5) is 0 Å². The maximum Gasteiger partial charge on any atom is 2.00 e. The van der Waals surface area contributed by atoms with E-state index in [1.54, 1.807) is 0 Å². The van der Waals surface area contributed by atoms with E-state index in [2.05, 4.69) is 40.5 Å². The molecule has 0 N–H and O–H groups in total. The van der Waals surface area contributed by atoms with Gasteiger partial charge >= 0.3 is 19.5 Å². The number of rotatable bonds is 4. The Kier molecular flexibility index (Phi) is 36.0. The number of hydrogen-bond acceptors (Lipinski definition) is 0. The Morgan fingerprint density at radius 3 is 0.818 bits per heavy atom. The normalized spacial score (nSPS) is 7.64. The minimum atomic E-state index is 0. The molecule has 0 nitrogen and oxygen atoms in total. The van der Waals surface area contributed by atoms with Gasteiger partial charge in [-0.1, -0.05) is 27.7 Å². The predicted molar refractivity (Wildman–Crippen MR) is 49.8 cm³/mol. The standard InChI is InChI=1S/2C5H11.Zn/c2*1-3-5-4-2;/h2*5H,3-4H2,1-2H3;/q2*-1;+2. The van der Waals surface area contributed by atoms with E-state index in [1.807, 2.05) is 0 Å². The first-order valence-corrected chi connectivity index (χ1v) is 4.46. The van der Waals surface area contributed by atoms with Crippen LogP contribution in [0.5, 0.6) is 0 Å². The summed E-state index contributed by atoms with van der Waals surface area (Å²) in [4.78, 5) is 0. The van der Waals surface area contributed by atoms with Gasteiger partial charge in [0.05, 0.1) is 0 Å². The Hall–Kier alpha value is 0.623. The molecule has 0 radical (unpaired) electrons. The summed E-state index contributed by atoms with van der Waals surface area (Å²) in [5.41, 5.74) is 0. The summed E-state index contributed by atoms with van der Waals surface area (Å²) in [6.45, 7) is 8.62. The van der Waals surface area contributed by atoms with E-state index in [0.717, 1.165) is 0 Å². The summed E-state index contributed by atoms with van der Waals surface area (Å²) in [7, 11) is 0. The fraction of sp³-hybridized carbons (Fsp3) is 0.800. The van der Waals surface area contributed by atoms with Gasteiger partial charge in [0, 0.05) is 0 Å². The van der Waals surface area contributed by atoms with Gasteiger partial charge in [-0.05, 0) is 0 Å². The molecular weight excluding hydrogens is 185 g/mol. The zero-order chi connectivity index (χ0) is 8.24. The van der Waals surface area contributed by atoms with Crippen molar-refractivity contribution in [1.29, 1.82) is 0 Å². The van der Waals surface area contributed by atoms with Gasteiger partial charge < -0.3 is 12.8 Å². The Morgan fingerprint density at radius 2 is 0.818 bits per heavy atom. The molecule has 0 unspecified atom stereocenters. The van der Waals surface area contributed by atoms with Crippen molar-refractivity contribution in [1.82, 2.24) is 0 Å². The van der Waals surface area contributed by atoms with Gasteiger partial charge in [-0.25, -0.2) is 0 Å². The van der Waals surface area contributed by atoms with Crippen LogP contribution in [0.1, 0.15) is 53.4 Å². The largest absolute Gasteiger partial charge is 2.00 e. The average Bonchev–Trinajstić information content (AvgIpc) is 1.93. The molecule has 0 aliphatic rings. The fourth-order valence-corrected chi connectivity index (χ4v) is 0.577. The topological polar surface area (TPSA) is 0 Å². The molecule has 1 heteroatoms. The fourth-order valence-electron chi connectivity index (χ4n) is 0.577. The molecule has 0 saturated heterocycles. The minimum Gasteiger partial charge on any atom is -0.329 e. The Labute approximate surface area is 85.9 Å². The second kappa shape index (κ2) is 22.4. The van der Waals surface area contributed by atoms with Crippen molar-refractivity contribution < 1.29 is 19.5 Å². The van der Waals surface area contributed by atoms with Gasteiger partial charge in [0.15, 0.2) is 0 Å². The zero-order valence-electron chi connectivity index (χ0n) is 8.69. The molecule has 0 atom stereocenters. The summed E-state index contributed by atoms with van der Waals surface area (Å²) < 4.78 is 0. The summed E-state index contributed by atoms with van der Waals surface area (Å²) in [5, 5.41) is 0. The van der Waals surface area contributed by atoms with Crippen LogP contribution in [0.15, 0.2) is 0 Å². The number of unbranched alkanes of at least 4 members (excludes halogenated alkanes) is 4. The van der Waals surface area contributed by atoms with Crippen molar-refractivity contribution in [2.24, 2.45) is 0 Å². The monoisotopic (exact) mass is 206 g/mol. The molecule has 0 amide bonds. The minimum absolute atomic E-state index is 0. The van der Waals surface area contributed by atoms with E-state index in [-0.39, 0.29) is 19.5 Å².